The maximum absolute atomic E-state index is 4.19. The molecule has 0 saturated carbocycles. The third-order valence-corrected chi connectivity index (χ3v) is 2.59. The highest BCUT2D eigenvalue weighted by molar-refractivity contribution is 5.73. The van der Waals surface area contributed by atoms with Gasteiger partial charge < -0.3 is 4.57 Å². The molecule has 0 saturated heterocycles. The first-order chi connectivity index (χ1) is 7.42. The third-order valence-electron chi connectivity index (χ3n) is 2.59. The minimum atomic E-state index is 0.938. The Kier molecular flexibility index (Phi) is 3.33. The van der Waals surface area contributed by atoms with Crippen LogP contribution in [0, 0.1) is 6.33 Å². The van der Waals surface area contributed by atoms with Crippen molar-refractivity contribution in [2.45, 2.75) is 39.2 Å². The van der Waals surface area contributed by atoms with Crippen molar-refractivity contribution >= 4 is 11.0 Å². The lowest BCUT2D eigenvalue weighted by molar-refractivity contribution is 0.589. The number of hydrogen-bond acceptors (Lipinski definition) is 2. The van der Waals surface area contributed by atoms with Crippen LogP contribution >= 0.6 is 0 Å². The van der Waals surface area contributed by atoms with Crippen LogP contribution in [0.25, 0.3) is 11.0 Å². The molecule has 2 heterocycles. The predicted octanol–water partition coefficient (Wildman–Crippen LogP) is 2.81. The van der Waals surface area contributed by atoms with Gasteiger partial charge in [-0.15, -0.1) is 0 Å². The topological polar surface area (TPSA) is 30.7 Å². The van der Waals surface area contributed by atoms with E-state index in [4.69, 9.17) is 0 Å². The molecule has 0 aromatic carbocycles. The Morgan fingerprint density at radius 2 is 2.27 bits per heavy atom. The van der Waals surface area contributed by atoms with E-state index in [1.54, 1.807) is 12.4 Å². The molecule has 3 heteroatoms. The number of rotatable bonds is 5. The largest absolute Gasteiger partial charge is 0.321 e. The van der Waals surface area contributed by atoms with Gasteiger partial charge in [-0.3, -0.25) is 4.98 Å². The molecular weight excluding hydrogens is 186 g/mol. The number of fused-ring (bicyclic) bond motifs is 1. The Balaban J connectivity index is 2.02. The summed E-state index contributed by atoms with van der Waals surface area (Å²) in [5.41, 5.74) is 2.08. The molecular formula is C12H16N3. The van der Waals surface area contributed by atoms with Crippen LogP contribution in [0.2, 0.25) is 0 Å². The number of hydrogen-bond donors (Lipinski definition) is 0. The van der Waals surface area contributed by atoms with Gasteiger partial charge in [-0.1, -0.05) is 26.2 Å². The summed E-state index contributed by atoms with van der Waals surface area (Å²) in [6.45, 7) is 3.24. The summed E-state index contributed by atoms with van der Waals surface area (Å²) >= 11 is 0. The first kappa shape index (κ1) is 10.1. The van der Waals surface area contributed by atoms with E-state index >= 15 is 0 Å². The average Bonchev–Trinajstić information content (AvgIpc) is 2.68. The molecule has 79 valence electrons. The Labute approximate surface area is 90.2 Å². The number of aromatic nitrogens is 3. The fourth-order valence-electron chi connectivity index (χ4n) is 1.73. The summed E-state index contributed by atoms with van der Waals surface area (Å²) in [6, 6.07) is 2.00. The number of pyridine rings is 1. The number of unbranched alkanes of at least 4 members (excludes halogenated alkanes) is 3. The lowest BCUT2D eigenvalue weighted by atomic mass is 10.2. The molecule has 0 aliphatic rings. The van der Waals surface area contributed by atoms with Crippen LogP contribution in [0.5, 0.6) is 0 Å². The van der Waals surface area contributed by atoms with Crippen molar-refractivity contribution in [2.24, 2.45) is 0 Å². The SMILES string of the molecule is CCCCCCn1[c]nc2cnccc21. The van der Waals surface area contributed by atoms with Crippen LogP contribution in [0.1, 0.15) is 32.6 Å². The smallest absolute Gasteiger partial charge is 0.177 e. The quantitative estimate of drug-likeness (QED) is 0.698. The molecule has 3 nitrogen and oxygen atoms in total. The van der Waals surface area contributed by atoms with Gasteiger partial charge in [0, 0.05) is 12.7 Å². The van der Waals surface area contributed by atoms with E-state index in [2.05, 4.69) is 27.8 Å². The molecule has 0 aliphatic heterocycles. The predicted molar refractivity (Wildman–Crippen MR) is 60.5 cm³/mol. The Bertz CT molecular complexity index is 419. The van der Waals surface area contributed by atoms with E-state index in [1.807, 2.05) is 6.07 Å². The van der Waals surface area contributed by atoms with Crippen LogP contribution in [-0.4, -0.2) is 14.5 Å². The second kappa shape index (κ2) is 4.91. The van der Waals surface area contributed by atoms with Gasteiger partial charge in [0.2, 0.25) is 0 Å². The van der Waals surface area contributed by atoms with Gasteiger partial charge in [0.25, 0.3) is 0 Å². The molecule has 0 N–H and O–H groups in total. The molecule has 0 aliphatic carbocycles. The molecule has 2 aromatic rings. The highest BCUT2D eigenvalue weighted by Crippen LogP contribution is 2.11. The molecule has 0 bridgehead atoms. The van der Waals surface area contributed by atoms with Crippen LogP contribution in [0.4, 0.5) is 0 Å². The summed E-state index contributed by atoms with van der Waals surface area (Å²) in [4.78, 5) is 8.23. The fraction of sp³-hybridized carbons (Fsp3) is 0.500. The van der Waals surface area contributed by atoms with Gasteiger partial charge in [-0.05, 0) is 12.5 Å². The average molecular weight is 202 g/mol. The van der Waals surface area contributed by atoms with Gasteiger partial charge in [0.15, 0.2) is 6.33 Å². The normalized spacial score (nSPS) is 11.0. The first-order valence-corrected chi connectivity index (χ1v) is 5.59. The van der Waals surface area contributed by atoms with Gasteiger partial charge in [0.05, 0.1) is 11.7 Å². The standard InChI is InChI=1S/C12H16N3/c1-2-3-4-5-8-15-10-14-11-9-13-7-6-12(11)15/h6-7,9H,2-5,8H2,1H3. The van der Waals surface area contributed by atoms with Crippen LogP contribution in [0.3, 0.4) is 0 Å². The zero-order valence-corrected chi connectivity index (χ0v) is 9.11. The molecule has 1 radical (unpaired) electrons. The zero-order chi connectivity index (χ0) is 10.5. The van der Waals surface area contributed by atoms with Crippen molar-refractivity contribution < 1.29 is 0 Å². The maximum atomic E-state index is 4.19. The molecule has 0 fully saturated rings. The van der Waals surface area contributed by atoms with E-state index in [-0.39, 0.29) is 0 Å². The van der Waals surface area contributed by atoms with Crippen molar-refractivity contribution in [3.63, 3.8) is 0 Å². The minimum Gasteiger partial charge on any atom is -0.321 e. The van der Waals surface area contributed by atoms with Gasteiger partial charge in [-0.2, -0.15) is 0 Å². The molecule has 0 spiro atoms. The lowest BCUT2D eigenvalue weighted by Gasteiger charge is -2.02. The van der Waals surface area contributed by atoms with E-state index in [0.29, 0.717) is 0 Å². The second-order valence-electron chi connectivity index (χ2n) is 3.79. The minimum absolute atomic E-state index is 0.938. The highest BCUT2D eigenvalue weighted by atomic mass is 15.0. The summed E-state index contributed by atoms with van der Waals surface area (Å²) in [5.74, 6) is 0. The second-order valence-corrected chi connectivity index (χ2v) is 3.79. The van der Waals surface area contributed by atoms with Crippen LogP contribution in [0.15, 0.2) is 18.5 Å². The van der Waals surface area contributed by atoms with Gasteiger partial charge in [0.1, 0.15) is 5.52 Å². The van der Waals surface area contributed by atoms with Gasteiger partial charge in [-0.25, -0.2) is 4.98 Å². The number of aryl methyl sites for hydroxylation is 1. The zero-order valence-electron chi connectivity index (χ0n) is 9.11. The van der Waals surface area contributed by atoms with Crippen LogP contribution < -0.4 is 0 Å². The number of imidazole rings is 1. The first-order valence-electron chi connectivity index (χ1n) is 5.59. The Hall–Kier alpha value is -1.38. The summed E-state index contributed by atoms with van der Waals surface area (Å²) in [5, 5.41) is 0. The van der Waals surface area contributed by atoms with E-state index in [9.17, 15) is 0 Å². The van der Waals surface area contributed by atoms with Crippen molar-refractivity contribution in [2.75, 3.05) is 0 Å². The molecule has 2 aromatic heterocycles. The summed E-state index contributed by atoms with van der Waals surface area (Å²) in [7, 11) is 0. The monoisotopic (exact) mass is 202 g/mol. The molecule has 0 amide bonds. The highest BCUT2D eigenvalue weighted by Gasteiger charge is 2.01. The molecule has 2 rings (SSSR count). The van der Waals surface area contributed by atoms with Crippen molar-refractivity contribution in [3.05, 3.63) is 24.8 Å². The summed E-state index contributed by atoms with van der Waals surface area (Å²) in [6.07, 6.45) is 11.7. The third kappa shape index (κ3) is 2.35. The Morgan fingerprint density at radius 1 is 1.33 bits per heavy atom. The number of nitrogens with zero attached hydrogens (tertiary/aromatic N) is 3. The molecule has 0 atom stereocenters. The van der Waals surface area contributed by atoms with Gasteiger partial charge >= 0.3 is 0 Å². The van der Waals surface area contributed by atoms with E-state index < -0.39 is 0 Å². The molecule has 0 unspecified atom stereocenters. The summed E-state index contributed by atoms with van der Waals surface area (Å²) < 4.78 is 2.09. The fourth-order valence-corrected chi connectivity index (χ4v) is 1.73. The lowest BCUT2D eigenvalue weighted by Crippen LogP contribution is -1.96. The van der Waals surface area contributed by atoms with E-state index in [0.717, 1.165) is 17.6 Å². The van der Waals surface area contributed by atoms with Crippen molar-refractivity contribution in [1.82, 2.24) is 14.5 Å². The Morgan fingerprint density at radius 3 is 3.13 bits per heavy atom. The van der Waals surface area contributed by atoms with E-state index in [1.165, 1.54) is 25.7 Å². The van der Waals surface area contributed by atoms with Crippen LogP contribution in [-0.2, 0) is 6.54 Å². The van der Waals surface area contributed by atoms with Crippen molar-refractivity contribution in [1.29, 1.82) is 0 Å². The van der Waals surface area contributed by atoms with Crippen molar-refractivity contribution in [3.8, 4) is 0 Å². The maximum Gasteiger partial charge on any atom is 0.177 e. The molecule has 15 heavy (non-hydrogen) atoms.